The number of amides is 4. The number of hydrogen-bond donors (Lipinski definition) is 8. The Labute approximate surface area is 386 Å². The van der Waals surface area contributed by atoms with Crippen LogP contribution < -0.4 is 37.3 Å². The number of carboxylic acid groups (broad SMARTS) is 1. The largest absolute Gasteiger partial charge is 0.508 e. The third kappa shape index (κ3) is 10.9. The molecule has 22 nitrogen and oxygen atoms in total. The normalized spacial score (nSPS) is 11.1. The maximum atomic E-state index is 13.2. The summed E-state index contributed by atoms with van der Waals surface area (Å²) in [6, 6.07) is 13.2. The van der Waals surface area contributed by atoms with Crippen LogP contribution in [0.3, 0.4) is 0 Å². The van der Waals surface area contributed by atoms with Crippen molar-refractivity contribution in [3.05, 3.63) is 106 Å². The van der Waals surface area contributed by atoms with Gasteiger partial charge in [0.05, 0.1) is 5.56 Å². The van der Waals surface area contributed by atoms with E-state index in [2.05, 4.69) is 46.9 Å². The van der Waals surface area contributed by atoms with Gasteiger partial charge in [0.1, 0.15) is 17.1 Å². The van der Waals surface area contributed by atoms with Crippen molar-refractivity contribution in [1.82, 2.24) is 44.2 Å². The Morgan fingerprint density at radius 3 is 1.93 bits per heavy atom. The van der Waals surface area contributed by atoms with Crippen molar-refractivity contribution in [2.75, 3.05) is 55.0 Å². The van der Waals surface area contributed by atoms with Crippen molar-refractivity contribution >= 4 is 81.0 Å². The Morgan fingerprint density at radius 2 is 1.31 bits per heavy atom. The summed E-state index contributed by atoms with van der Waals surface area (Å²) in [5.41, 5.74) is 1.49. The Hall–Kier alpha value is -8.44. The van der Waals surface area contributed by atoms with Gasteiger partial charge < -0.3 is 65.1 Å². The van der Waals surface area contributed by atoms with Gasteiger partial charge in [0, 0.05) is 87.5 Å². The second-order valence-electron chi connectivity index (χ2n) is 15.6. The van der Waals surface area contributed by atoms with Crippen LogP contribution in [0.15, 0.2) is 82.4 Å². The number of carbonyl (C=O) groups excluding carboxylic acids is 4. The van der Waals surface area contributed by atoms with Gasteiger partial charge in [0.15, 0.2) is 28.0 Å². The highest BCUT2D eigenvalue weighted by Gasteiger charge is 2.24. The molecular weight excluding hydrogens is 887 g/mol. The molecule has 0 saturated heterocycles. The van der Waals surface area contributed by atoms with E-state index in [9.17, 15) is 39.0 Å². The Morgan fingerprint density at radius 1 is 0.716 bits per heavy atom. The minimum atomic E-state index is -1.25. The summed E-state index contributed by atoms with van der Waals surface area (Å²) in [6.07, 6.45) is 5.05. The minimum absolute atomic E-state index is 0.0478. The average molecular weight is 932 g/mol. The lowest BCUT2D eigenvalue weighted by atomic mass is 9.90. The van der Waals surface area contributed by atoms with E-state index in [0.717, 1.165) is 13.0 Å². The molecule has 7 rings (SSSR count). The lowest BCUT2D eigenvalue weighted by Crippen LogP contribution is -2.31. The molecule has 8 N–H and O–H groups in total. The number of thiocarbonyl (C=S) groups is 1. The predicted octanol–water partition coefficient (Wildman–Crippen LogP) is 3.67. The fraction of sp³-hybridized carbons (Fsp3) is 0.227. The molecule has 23 heteroatoms. The van der Waals surface area contributed by atoms with Crippen LogP contribution in [-0.2, 0) is 25.9 Å². The number of benzene rings is 3. The molecule has 0 bridgehead atoms. The number of nitrogens with zero attached hydrogens (tertiary/aromatic N) is 7. The zero-order valence-corrected chi connectivity index (χ0v) is 37.6. The van der Waals surface area contributed by atoms with Crippen molar-refractivity contribution in [3.8, 4) is 28.2 Å². The van der Waals surface area contributed by atoms with Gasteiger partial charge in [-0.2, -0.15) is 0 Å². The number of aromatic carboxylic acids is 1. The van der Waals surface area contributed by atoms with E-state index in [1.807, 2.05) is 19.0 Å². The number of phenolic OH excluding ortho intramolecular Hbond substituents is 1. The van der Waals surface area contributed by atoms with Crippen molar-refractivity contribution in [3.63, 3.8) is 0 Å². The maximum Gasteiger partial charge on any atom is 0.336 e. The summed E-state index contributed by atoms with van der Waals surface area (Å²) in [5.74, 6) is -2.95. The molecule has 346 valence electrons. The molecule has 0 spiro atoms. The number of carboxylic acids is 1. The quantitative estimate of drug-likeness (QED) is 0.0390. The Bertz CT molecular complexity index is 3110. The van der Waals surface area contributed by atoms with Crippen molar-refractivity contribution < 1.29 is 38.6 Å². The number of aryl methyl sites for hydroxylation is 3. The molecule has 0 fully saturated rings. The second kappa shape index (κ2) is 19.7. The van der Waals surface area contributed by atoms with Crippen LogP contribution in [0.1, 0.15) is 55.1 Å². The molecule has 2 aromatic carbocycles. The summed E-state index contributed by atoms with van der Waals surface area (Å²) in [4.78, 5) is 91.3. The summed E-state index contributed by atoms with van der Waals surface area (Å²) in [6.45, 7) is 1.34. The van der Waals surface area contributed by atoms with Crippen LogP contribution in [0, 0.1) is 0 Å². The zero-order valence-electron chi connectivity index (χ0n) is 36.8. The molecule has 2 aliphatic rings. The van der Waals surface area contributed by atoms with Crippen LogP contribution in [-0.4, -0.2) is 112 Å². The number of aromatic hydroxyl groups is 1. The number of fused-ring (bicyclic) bond motifs is 2. The molecule has 0 atom stereocenters. The first-order chi connectivity index (χ1) is 31.9. The van der Waals surface area contributed by atoms with Gasteiger partial charge in [0.2, 0.25) is 23.4 Å². The molecule has 1 aliphatic heterocycles. The fourth-order valence-corrected chi connectivity index (χ4v) is 7.29. The van der Waals surface area contributed by atoms with Gasteiger partial charge in [-0.25, -0.2) is 19.7 Å². The van der Waals surface area contributed by atoms with Crippen LogP contribution in [0.4, 0.5) is 23.1 Å². The van der Waals surface area contributed by atoms with Crippen molar-refractivity contribution in [1.29, 1.82) is 0 Å². The van der Waals surface area contributed by atoms with E-state index in [-0.39, 0.29) is 81.4 Å². The number of aromatic nitrogens is 6. The maximum absolute atomic E-state index is 13.2. The standard InChI is InChI=1S/C44H45N13O9S/c1-54(2)16-6-14-45-40(61)37-50-33(21-55(37)3)52-42(63)39-51-34(22-57(39)5)53-41(62)38-49-32(20-56(38)4)48-35(60)13-15-46-44(67)47-23-7-10-26(28(17-23)43(64)65)36-27-11-8-25(59)19-31(27)66-30-12-9-24(58)18-29(30)36/h7-12,17-22,58H,6,13-16H2,1-5H3,(H,45,61)(H,48,60)(H,52,63)(H,53,62)(H,64,65)(H2,46,47,67). The summed E-state index contributed by atoms with van der Waals surface area (Å²) in [5, 5.41) is 37.6. The molecule has 0 saturated carbocycles. The van der Waals surface area contributed by atoms with Gasteiger partial charge in [0.25, 0.3) is 17.7 Å². The van der Waals surface area contributed by atoms with E-state index in [0.29, 0.717) is 39.9 Å². The number of rotatable bonds is 16. The minimum Gasteiger partial charge on any atom is -0.508 e. The number of hydrogen-bond acceptors (Lipinski definition) is 13. The molecule has 4 heterocycles. The van der Waals surface area contributed by atoms with E-state index < -0.39 is 23.7 Å². The smallest absolute Gasteiger partial charge is 0.336 e. The third-order valence-corrected chi connectivity index (χ3v) is 10.4. The first-order valence-corrected chi connectivity index (χ1v) is 20.9. The summed E-state index contributed by atoms with van der Waals surface area (Å²) >= 11 is 5.42. The predicted molar refractivity (Wildman–Crippen MR) is 252 cm³/mol. The van der Waals surface area contributed by atoms with Crippen LogP contribution in [0.5, 0.6) is 5.75 Å². The molecule has 0 unspecified atom stereocenters. The number of anilines is 4. The first-order valence-electron chi connectivity index (χ1n) is 20.5. The number of imidazole rings is 3. The molecule has 4 amide bonds. The van der Waals surface area contributed by atoms with Crippen LogP contribution in [0.2, 0.25) is 0 Å². The van der Waals surface area contributed by atoms with E-state index in [1.54, 1.807) is 39.3 Å². The number of carbonyl (C=O) groups is 5. The van der Waals surface area contributed by atoms with Crippen molar-refractivity contribution in [2.24, 2.45) is 21.1 Å². The van der Waals surface area contributed by atoms with Crippen molar-refractivity contribution in [2.45, 2.75) is 12.8 Å². The lowest BCUT2D eigenvalue weighted by molar-refractivity contribution is -0.116. The first kappa shape index (κ1) is 46.5. The molecule has 67 heavy (non-hydrogen) atoms. The topological polar surface area (TPSA) is 285 Å². The van der Waals surface area contributed by atoms with Crippen LogP contribution in [0.25, 0.3) is 33.4 Å². The fourth-order valence-electron chi connectivity index (χ4n) is 7.07. The van der Waals surface area contributed by atoms with E-state index >= 15 is 0 Å². The number of nitrogens with one attached hydrogen (secondary N) is 6. The highest BCUT2D eigenvalue weighted by Crippen LogP contribution is 2.42. The lowest BCUT2D eigenvalue weighted by Gasteiger charge is -2.18. The molecule has 3 aromatic heterocycles. The molecule has 5 aromatic rings. The Balaban J connectivity index is 0.914. The van der Waals surface area contributed by atoms with Gasteiger partial charge >= 0.3 is 5.97 Å². The van der Waals surface area contributed by atoms with Gasteiger partial charge in [-0.15, -0.1) is 0 Å². The third-order valence-electron chi connectivity index (χ3n) is 10.1. The monoisotopic (exact) mass is 931 g/mol. The van der Waals surface area contributed by atoms with E-state index in [4.69, 9.17) is 16.6 Å². The van der Waals surface area contributed by atoms with Crippen LogP contribution >= 0.6 is 12.2 Å². The molecule has 1 aliphatic carbocycles. The van der Waals surface area contributed by atoms with Gasteiger partial charge in [-0.3, -0.25) is 24.0 Å². The second-order valence-corrected chi connectivity index (χ2v) is 16.0. The van der Waals surface area contributed by atoms with Gasteiger partial charge in [-0.05, 0) is 87.3 Å². The number of phenols is 1. The average Bonchev–Trinajstić information content (AvgIpc) is 3.95. The van der Waals surface area contributed by atoms with E-state index in [1.165, 1.54) is 68.7 Å². The molecule has 0 radical (unpaired) electrons. The molecular formula is C44H45N13O9S. The van der Waals surface area contributed by atoms with Gasteiger partial charge in [-0.1, -0.05) is 6.07 Å². The Kier molecular flexibility index (Phi) is 13.7. The zero-order chi connectivity index (χ0) is 48.1. The SMILES string of the molecule is CN(C)CCCNC(=O)c1nc(NC(=O)c2nc(NC(=O)c3nc(NC(=O)CCNC(=S)Nc4ccc(-c5c6ccc(=O)cc-6oc6ccc(O)cc56)c(C(=O)O)c4)cn3C)cn2C)cn1C. The highest BCUT2D eigenvalue weighted by atomic mass is 32.1. The highest BCUT2D eigenvalue weighted by molar-refractivity contribution is 7.80. The summed E-state index contributed by atoms with van der Waals surface area (Å²) < 4.78 is 10.2. The summed E-state index contributed by atoms with van der Waals surface area (Å²) in [7, 11) is 8.64.